The van der Waals surface area contributed by atoms with Crippen LogP contribution in [0.25, 0.3) is 0 Å². The van der Waals surface area contributed by atoms with Crippen LogP contribution in [0.3, 0.4) is 0 Å². The Morgan fingerprint density at radius 2 is 2.00 bits per heavy atom. The average molecular weight is 237 g/mol. The molecule has 0 heterocycles. The van der Waals surface area contributed by atoms with Gasteiger partial charge in [0, 0.05) is 12.1 Å². The number of amides is 1. The van der Waals surface area contributed by atoms with Gasteiger partial charge in [0.05, 0.1) is 13.2 Å². The molecule has 0 bridgehead atoms. The van der Waals surface area contributed by atoms with E-state index in [0.29, 0.717) is 18.8 Å². The number of nitrogen functional groups attached to an aromatic ring is 1. The summed E-state index contributed by atoms with van der Waals surface area (Å²) in [5.41, 5.74) is 3.67. The highest BCUT2D eigenvalue weighted by Crippen LogP contribution is 2.05. The summed E-state index contributed by atoms with van der Waals surface area (Å²) in [6.07, 6.45) is 0. The smallest absolute Gasteiger partial charge is 0.265 e. The van der Waals surface area contributed by atoms with Crippen molar-refractivity contribution in [2.75, 3.05) is 27.2 Å². The molecule has 0 atom stereocenters. The minimum Gasteiger partial charge on any atom is -0.375 e. The highest BCUT2D eigenvalue weighted by molar-refractivity contribution is 5.93. The standard InChI is InChI=1S/C12H19N3O2/c1-15(2)7-8-17-9-10-3-5-11(6-4-10)12(16)14-13/h3-6H,7-9,13H2,1-2H3,(H,14,16). The van der Waals surface area contributed by atoms with Crippen LogP contribution in [-0.4, -0.2) is 38.1 Å². The first-order valence-electron chi connectivity index (χ1n) is 5.46. The fraction of sp³-hybridized carbons (Fsp3) is 0.417. The van der Waals surface area contributed by atoms with Crippen LogP contribution in [0.4, 0.5) is 0 Å². The normalized spacial score (nSPS) is 10.6. The summed E-state index contributed by atoms with van der Waals surface area (Å²) in [6.45, 7) is 2.14. The molecule has 1 rings (SSSR count). The van der Waals surface area contributed by atoms with Crippen LogP contribution in [0, 0.1) is 0 Å². The Bertz CT molecular complexity index is 349. The topological polar surface area (TPSA) is 67.6 Å². The summed E-state index contributed by atoms with van der Waals surface area (Å²) in [7, 11) is 4.01. The lowest BCUT2D eigenvalue weighted by Crippen LogP contribution is -2.29. The summed E-state index contributed by atoms with van der Waals surface area (Å²) >= 11 is 0. The molecule has 0 saturated carbocycles. The summed E-state index contributed by atoms with van der Waals surface area (Å²) in [4.78, 5) is 13.3. The third kappa shape index (κ3) is 4.95. The maximum absolute atomic E-state index is 11.2. The first-order valence-corrected chi connectivity index (χ1v) is 5.46. The second-order valence-electron chi connectivity index (χ2n) is 4.03. The molecule has 0 aliphatic heterocycles. The van der Waals surface area contributed by atoms with Crippen LogP contribution in [-0.2, 0) is 11.3 Å². The lowest BCUT2D eigenvalue weighted by Gasteiger charge is -2.10. The Balaban J connectivity index is 2.38. The van der Waals surface area contributed by atoms with E-state index in [1.165, 1.54) is 0 Å². The molecular formula is C12H19N3O2. The van der Waals surface area contributed by atoms with Crippen molar-refractivity contribution in [3.63, 3.8) is 0 Å². The fourth-order valence-corrected chi connectivity index (χ4v) is 1.27. The quantitative estimate of drug-likeness (QED) is 0.324. The molecule has 0 saturated heterocycles. The van der Waals surface area contributed by atoms with E-state index >= 15 is 0 Å². The molecule has 94 valence electrons. The van der Waals surface area contributed by atoms with Crippen molar-refractivity contribution in [2.24, 2.45) is 5.84 Å². The number of nitrogens with two attached hydrogens (primary N) is 1. The molecule has 0 aromatic heterocycles. The van der Waals surface area contributed by atoms with Gasteiger partial charge in [-0.2, -0.15) is 0 Å². The van der Waals surface area contributed by atoms with Crippen molar-refractivity contribution in [1.82, 2.24) is 10.3 Å². The van der Waals surface area contributed by atoms with Gasteiger partial charge < -0.3 is 9.64 Å². The van der Waals surface area contributed by atoms with E-state index in [-0.39, 0.29) is 5.91 Å². The lowest BCUT2D eigenvalue weighted by molar-refractivity contribution is 0.0952. The summed E-state index contributed by atoms with van der Waals surface area (Å²) in [5, 5.41) is 0. The van der Waals surface area contributed by atoms with Gasteiger partial charge in [0.25, 0.3) is 5.91 Å². The molecule has 5 heteroatoms. The van der Waals surface area contributed by atoms with Crippen LogP contribution in [0.2, 0.25) is 0 Å². The van der Waals surface area contributed by atoms with Crippen LogP contribution < -0.4 is 11.3 Å². The fourth-order valence-electron chi connectivity index (χ4n) is 1.27. The maximum atomic E-state index is 11.2. The second-order valence-corrected chi connectivity index (χ2v) is 4.03. The number of hydrazine groups is 1. The second kappa shape index (κ2) is 7.01. The molecular weight excluding hydrogens is 218 g/mol. The maximum Gasteiger partial charge on any atom is 0.265 e. The van der Waals surface area contributed by atoms with Gasteiger partial charge in [0.2, 0.25) is 0 Å². The highest BCUT2D eigenvalue weighted by Gasteiger charge is 2.02. The van der Waals surface area contributed by atoms with Crippen molar-refractivity contribution in [2.45, 2.75) is 6.61 Å². The first kappa shape index (κ1) is 13.6. The number of carbonyl (C=O) groups excluding carboxylic acids is 1. The van der Waals surface area contributed by atoms with Crippen LogP contribution in [0.15, 0.2) is 24.3 Å². The number of ether oxygens (including phenoxy) is 1. The zero-order valence-electron chi connectivity index (χ0n) is 10.3. The van der Waals surface area contributed by atoms with E-state index in [0.717, 1.165) is 12.1 Å². The lowest BCUT2D eigenvalue weighted by atomic mass is 10.1. The number of hydrogen-bond acceptors (Lipinski definition) is 4. The van der Waals surface area contributed by atoms with Crippen LogP contribution in [0.1, 0.15) is 15.9 Å². The first-order chi connectivity index (χ1) is 8.13. The van der Waals surface area contributed by atoms with Gasteiger partial charge in [-0.05, 0) is 31.8 Å². The van der Waals surface area contributed by atoms with E-state index in [2.05, 4.69) is 10.3 Å². The van der Waals surface area contributed by atoms with Crippen molar-refractivity contribution in [3.05, 3.63) is 35.4 Å². The number of nitrogens with one attached hydrogen (secondary N) is 1. The molecule has 3 N–H and O–H groups in total. The monoisotopic (exact) mass is 237 g/mol. The van der Waals surface area contributed by atoms with Crippen molar-refractivity contribution in [3.8, 4) is 0 Å². The highest BCUT2D eigenvalue weighted by atomic mass is 16.5. The Morgan fingerprint density at radius 3 is 2.53 bits per heavy atom. The Kier molecular flexibility index (Phi) is 5.62. The Labute approximate surface area is 102 Å². The van der Waals surface area contributed by atoms with Crippen molar-refractivity contribution < 1.29 is 9.53 Å². The Hall–Kier alpha value is -1.43. The number of nitrogens with zero attached hydrogens (tertiary/aromatic N) is 1. The van der Waals surface area contributed by atoms with E-state index in [1.54, 1.807) is 12.1 Å². The van der Waals surface area contributed by atoms with Crippen LogP contribution >= 0.6 is 0 Å². The predicted molar refractivity (Wildman–Crippen MR) is 66.3 cm³/mol. The number of hydrogen-bond donors (Lipinski definition) is 2. The molecule has 0 radical (unpaired) electrons. The molecule has 17 heavy (non-hydrogen) atoms. The zero-order chi connectivity index (χ0) is 12.7. The molecule has 1 amide bonds. The van der Waals surface area contributed by atoms with Gasteiger partial charge >= 0.3 is 0 Å². The van der Waals surface area contributed by atoms with E-state index < -0.39 is 0 Å². The average Bonchev–Trinajstić information content (AvgIpc) is 2.34. The van der Waals surface area contributed by atoms with Crippen molar-refractivity contribution in [1.29, 1.82) is 0 Å². The van der Waals surface area contributed by atoms with Gasteiger partial charge in [-0.1, -0.05) is 12.1 Å². The molecule has 1 aromatic carbocycles. The SMILES string of the molecule is CN(C)CCOCc1ccc(C(=O)NN)cc1. The molecule has 0 aliphatic carbocycles. The summed E-state index contributed by atoms with van der Waals surface area (Å²) in [6, 6.07) is 7.18. The number of benzene rings is 1. The Morgan fingerprint density at radius 1 is 1.35 bits per heavy atom. The molecule has 0 aliphatic rings. The van der Waals surface area contributed by atoms with Gasteiger partial charge in [-0.15, -0.1) is 0 Å². The number of rotatable bonds is 6. The molecule has 0 fully saturated rings. The summed E-state index contributed by atoms with van der Waals surface area (Å²) < 4.78 is 5.49. The predicted octanol–water partition coefficient (Wildman–Crippen LogP) is 0.368. The van der Waals surface area contributed by atoms with Gasteiger partial charge in [-0.25, -0.2) is 5.84 Å². The van der Waals surface area contributed by atoms with E-state index in [4.69, 9.17) is 10.6 Å². The molecule has 5 nitrogen and oxygen atoms in total. The zero-order valence-corrected chi connectivity index (χ0v) is 10.3. The van der Waals surface area contributed by atoms with Crippen LogP contribution in [0.5, 0.6) is 0 Å². The third-order valence-corrected chi connectivity index (χ3v) is 2.30. The van der Waals surface area contributed by atoms with Gasteiger partial charge in [-0.3, -0.25) is 10.2 Å². The summed E-state index contributed by atoms with van der Waals surface area (Å²) in [5.74, 6) is 4.75. The molecule has 1 aromatic rings. The van der Waals surface area contributed by atoms with Gasteiger partial charge in [0.1, 0.15) is 0 Å². The van der Waals surface area contributed by atoms with E-state index in [9.17, 15) is 4.79 Å². The van der Waals surface area contributed by atoms with Gasteiger partial charge in [0.15, 0.2) is 0 Å². The molecule has 0 unspecified atom stereocenters. The minimum atomic E-state index is -0.287. The largest absolute Gasteiger partial charge is 0.375 e. The minimum absolute atomic E-state index is 0.287. The third-order valence-electron chi connectivity index (χ3n) is 2.30. The number of carbonyl (C=O) groups is 1. The molecule has 0 spiro atoms. The van der Waals surface area contributed by atoms with E-state index in [1.807, 2.05) is 26.2 Å². The van der Waals surface area contributed by atoms with Crippen molar-refractivity contribution >= 4 is 5.91 Å². The number of likely N-dealkylation sites (N-methyl/N-ethyl adjacent to an activating group) is 1.